The molecule has 4 nitrogen and oxygen atoms in total. The quantitative estimate of drug-likeness (QED) is 0.769. The number of halogens is 1. The molecule has 0 heterocycles. The maximum Gasteiger partial charge on any atom is 0.257 e. The zero-order valence-corrected chi connectivity index (χ0v) is 10.5. The van der Waals surface area contributed by atoms with Gasteiger partial charge in [-0.1, -0.05) is 6.92 Å². The Morgan fingerprint density at radius 1 is 1.44 bits per heavy atom. The first kappa shape index (κ1) is 14.4. The van der Waals surface area contributed by atoms with Gasteiger partial charge in [0.05, 0.1) is 0 Å². The molecule has 0 aliphatic carbocycles. The van der Waals surface area contributed by atoms with E-state index in [0.29, 0.717) is 25.3 Å². The van der Waals surface area contributed by atoms with Crippen LogP contribution >= 0.6 is 0 Å². The molecule has 0 aliphatic heterocycles. The maximum atomic E-state index is 13.3. The molecule has 1 aromatic carbocycles. The molecule has 0 fully saturated rings. The summed E-state index contributed by atoms with van der Waals surface area (Å²) in [5.74, 6) is -0.239. The first-order valence-electron chi connectivity index (χ1n) is 6.04. The number of rotatable bonds is 7. The van der Waals surface area contributed by atoms with Gasteiger partial charge in [-0.15, -0.1) is 0 Å². The highest BCUT2D eigenvalue weighted by atomic mass is 19.1. The Kier molecular flexibility index (Phi) is 6.14. The van der Waals surface area contributed by atoms with E-state index in [1.165, 1.54) is 12.1 Å². The lowest BCUT2D eigenvalue weighted by atomic mass is 10.1. The van der Waals surface area contributed by atoms with Gasteiger partial charge in [-0.05, 0) is 37.1 Å². The molecule has 0 saturated carbocycles. The summed E-state index contributed by atoms with van der Waals surface area (Å²) >= 11 is 0. The SMILES string of the molecule is CCCNC(=O)COc1cc(F)cc(CCN)c1. The molecule has 0 unspecified atom stereocenters. The summed E-state index contributed by atoms with van der Waals surface area (Å²) in [4.78, 5) is 11.3. The van der Waals surface area contributed by atoms with Gasteiger partial charge in [0.1, 0.15) is 11.6 Å². The fourth-order valence-electron chi connectivity index (χ4n) is 1.48. The number of hydrogen-bond donors (Lipinski definition) is 2. The number of benzene rings is 1. The van der Waals surface area contributed by atoms with Crippen LogP contribution in [0, 0.1) is 5.82 Å². The maximum absolute atomic E-state index is 13.3. The van der Waals surface area contributed by atoms with E-state index in [1.54, 1.807) is 6.07 Å². The summed E-state index contributed by atoms with van der Waals surface area (Å²) in [6, 6.07) is 4.37. The Hall–Kier alpha value is -1.62. The summed E-state index contributed by atoms with van der Waals surface area (Å²) in [5.41, 5.74) is 6.18. The third-order valence-electron chi connectivity index (χ3n) is 2.31. The summed E-state index contributed by atoms with van der Waals surface area (Å²) in [7, 11) is 0. The number of carbonyl (C=O) groups excluding carboxylic acids is 1. The van der Waals surface area contributed by atoms with Crippen molar-refractivity contribution in [2.45, 2.75) is 19.8 Å². The largest absolute Gasteiger partial charge is 0.484 e. The lowest BCUT2D eigenvalue weighted by Gasteiger charge is -2.08. The van der Waals surface area contributed by atoms with E-state index >= 15 is 0 Å². The summed E-state index contributed by atoms with van der Waals surface area (Å²) < 4.78 is 18.5. The van der Waals surface area contributed by atoms with Crippen LogP contribution in [0.2, 0.25) is 0 Å². The Balaban J connectivity index is 2.53. The third-order valence-corrected chi connectivity index (χ3v) is 2.31. The van der Waals surface area contributed by atoms with E-state index in [4.69, 9.17) is 10.5 Å². The van der Waals surface area contributed by atoms with Gasteiger partial charge in [0.2, 0.25) is 0 Å². The highest BCUT2D eigenvalue weighted by Crippen LogP contribution is 2.16. The molecule has 5 heteroatoms. The van der Waals surface area contributed by atoms with Crippen LogP contribution in [0.4, 0.5) is 4.39 Å². The third kappa shape index (κ3) is 5.14. The van der Waals surface area contributed by atoms with Crippen LogP contribution in [0.25, 0.3) is 0 Å². The number of carbonyl (C=O) groups is 1. The molecule has 0 aliphatic rings. The van der Waals surface area contributed by atoms with Gasteiger partial charge in [0.25, 0.3) is 5.91 Å². The van der Waals surface area contributed by atoms with Crippen molar-refractivity contribution in [3.63, 3.8) is 0 Å². The Bertz CT molecular complexity index is 397. The van der Waals surface area contributed by atoms with Crippen molar-refractivity contribution in [2.75, 3.05) is 19.7 Å². The zero-order valence-electron chi connectivity index (χ0n) is 10.5. The molecule has 100 valence electrons. The van der Waals surface area contributed by atoms with E-state index < -0.39 is 0 Å². The van der Waals surface area contributed by atoms with Crippen molar-refractivity contribution in [3.05, 3.63) is 29.6 Å². The molecule has 1 amide bonds. The van der Waals surface area contributed by atoms with Crippen LogP contribution in [0.15, 0.2) is 18.2 Å². The van der Waals surface area contributed by atoms with E-state index in [9.17, 15) is 9.18 Å². The number of nitrogens with one attached hydrogen (secondary N) is 1. The second kappa shape index (κ2) is 7.66. The smallest absolute Gasteiger partial charge is 0.257 e. The highest BCUT2D eigenvalue weighted by Gasteiger charge is 2.05. The second-order valence-electron chi connectivity index (χ2n) is 3.97. The minimum atomic E-state index is -0.384. The fraction of sp³-hybridized carbons (Fsp3) is 0.462. The first-order chi connectivity index (χ1) is 8.65. The second-order valence-corrected chi connectivity index (χ2v) is 3.97. The summed E-state index contributed by atoms with van der Waals surface area (Å²) in [5, 5.41) is 2.68. The number of nitrogens with two attached hydrogens (primary N) is 1. The van der Waals surface area contributed by atoms with E-state index in [0.717, 1.165) is 12.0 Å². The Morgan fingerprint density at radius 2 is 2.22 bits per heavy atom. The zero-order chi connectivity index (χ0) is 13.4. The number of amides is 1. The van der Waals surface area contributed by atoms with Gasteiger partial charge in [-0.25, -0.2) is 4.39 Å². The molecule has 1 aromatic rings. The molecule has 0 bridgehead atoms. The van der Waals surface area contributed by atoms with Crippen molar-refractivity contribution < 1.29 is 13.9 Å². The molecule has 0 radical (unpaired) electrons. The van der Waals surface area contributed by atoms with Crippen LogP contribution in [-0.4, -0.2) is 25.6 Å². The topological polar surface area (TPSA) is 64.3 Å². The normalized spacial score (nSPS) is 10.2. The molecule has 0 spiro atoms. The summed E-state index contributed by atoms with van der Waals surface area (Å²) in [6.07, 6.45) is 1.45. The molecule has 0 aromatic heterocycles. The van der Waals surface area contributed by atoms with Crippen LogP contribution < -0.4 is 15.8 Å². The molecule has 18 heavy (non-hydrogen) atoms. The van der Waals surface area contributed by atoms with Crippen molar-refractivity contribution in [3.8, 4) is 5.75 Å². The Labute approximate surface area is 106 Å². The van der Waals surface area contributed by atoms with E-state index in [2.05, 4.69) is 5.32 Å². The lowest BCUT2D eigenvalue weighted by Crippen LogP contribution is -2.29. The van der Waals surface area contributed by atoms with Gasteiger partial charge in [-0.3, -0.25) is 4.79 Å². The van der Waals surface area contributed by atoms with E-state index in [1.807, 2.05) is 6.92 Å². The van der Waals surface area contributed by atoms with Crippen LogP contribution in [0.1, 0.15) is 18.9 Å². The molecule has 0 saturated heterocycles. The minimum Gasteiger partial charge on any atom is -0.484 e. The van der Waals surface area contributed by atoms with Gasteiger partial charge in [-0.2, -0.15) is 0 Å². The van der Waals surface area contributed by atoms with Crippen LogP contribution in [0.5, 0.6) is 5.75 Å². The van der Waals surface area contributed by atoms with Gasteiger partial charge in [0.15, 0.2) is 6.61 Å². The molecule has 3 N–H and O–H groups in total. The fourth-order valence-corrected chi connectivity index (χ4v) is 1.48. The number of ether oxygens (including phenoxy) is 1. The number of hydrogen-bond acceptors (Lipinski definition) is 3. The first-order valence-corrected chi connectivity index (χ1v) is 6.04. The van der Waals surface area contributed by atoms with E-state index in [-0.39, 0.29) is 18.3 Å². The van der Waals surface area contributed by atoms with Crippen molar-refractivity contribution >= 4 is 5.91 Å². The highest BCUT2D eigenvalue weighted by molar-refractivity contribution is 5.77. The lowest BCUT2D eigenvalue weighted by molar-refractivity contribution is -0.123. The standard InChI is InChI=1S/C13H19FN2O2/c1-2-5-16-13(17)9-18-12-7-10(3-4-15)6-11(14)8-12/h6-8H,2-5,9,15H2,1H3,(H,16,17). The average Bonchev–Trinajstić information content (AvgIpc) is 2.33. The van der Waals surface area contributed by atoms with Gasteiger partial charge < -0.3 is 15.8 Å². The van der Waals surface area contributed by atoms with Crippen molar-refractivity contribution in [1.29, 1.82) is 0 Å². The predicted octanol–water partition coefficient (Wildman–Crippen LogP) is 1.23. The molecule has 1 rings (SSSR count). The minimum absolute atomic E-state index is 0.106. The molecule has 0 atom stereocenters. The van der Waals surface area contributed by atoms with Gasteiger partial charge >= 0.3 is 0 Å². The van der Waals surface area contributed by atoms with Crippen LogP contribution in [-0.2, 0) is 11.2 Å². The van der Waals surface area contributed by atoms with Crippen LogP contribution in [0.3, 0.4) is 0 Å². The summed E-state index contributed by atoms with van der Waals surface area (Å²) in [6.45, 7) is 2.92. The van der Waals surface area contributed by atoms with Crippen molar-refractivity contribution in [2.24, 2.45) is 5.73 Å². The average molecular weight is 254 g/mol. The van der Waals surface area contributed by atoms with Gasteiger partial charge in [0, 0.05) is 12.6 Å². The monoisotopic (exact) mass is 254 g/mol. The molecular formula is C13H19FN2O2. The molecular weight excluding hydrogens is 235 g/mol. The van der Waals surface area contributed by atoms with Crippen molar-refractivity contribution in [1.82, 2.24) is 5.32 Å². The predicted molar refractivity (Wildman–Crippen MR) is 68.0 cm³/mol. The Morgan fingerprint density at radius 3 is 2.89 bits per heavy atom.